The van der Waals surface area contributed by atoms with Crippen LogP contribution in [0.2, 0.25) is 0 Å². The van der Waals surface area contributed by atoms with Crippen LogP contribution in [0.5, 0.6) is 0 Å². The van der Waals surface area contributed by atoms with Crippen LogP contribution in [0.25, 0.3) is 5.65 Å². The van der Waals surface area contributed by atoms with E-state index in [1.54, 1.807) is 17.2 Å². The number of hydrogen-bond acceptors (Lipinski definition) is 4. The van der Waals surface area contributed by atoms with Crippen molar-refractivity contribution in [1.29, 1.82) is 0 Å². The SMILES string of the molecule is O=C(c1ccno1)N(Cc1cnc2ccccn12)c1ccccc1. The van der Waals surface area contributed by atoms with Crippen LogP contribution in [-0.4, -0.2) is 20.4 Å². The summed E-state index contributed by atoms with van der Waals surface area (Å²) in [5, 5.41) is 3.63. The topological polar surface area (TPSA) is 63.6 Å². The fourth-order valence-electron chi connectivity index (χ4n) is 2.61. The number of carbonyl (C=O) groups is 1. The summed E-state index contributed by atoms with van der Waals surface area (Å²) in [6.45, 7) is 0.370. The molecule has 4 aromatic rings. The monoisotopic (exact) mass is 318 g/mol. The van der Waals surface area contributed by atoms with Gasteiger partial charge in [0.05, 0.1) is 24.6 Å². The Bertz CT molecular complexity index is 961. The van der Waals surface area contributed by atoms with Gasteiger partial charge in [-0.1, -0.05) is 29.4 Å². The molecule has 4 rings (SSSR count). The number of carbonyl (C=O) groups excluding carboxylic acids is 1. The van der Waals surface area contributed by atoms with Crippen LogP contribution < -0.4 is 4.90 Å². The Hall–Kier alpha value is -3.41. The van der Waals surface area contributed by atoms with Crippen molar-refractivity contribution in [3.8, 4) is 0 Å². The molecule has 0 aliphatic heterocycles. The fraction of sp³-hybridized carbons (Fsp3) is 0.0556. The third kappa shape index (κ3) is 2.54. The van der Waals surface area contributed by atoms with Crippen molar-refractivity contribution >= 4 is 17.2 Å². The number of amides is 1. The Balaban J connectivity index is 1.74. The van der Waals surface area contributed by atoms with Crippen LogP contribution in [0.1, 0.15) is 16.2 Å². The van der Waals surface area contributed by atoms with E-state index in [-0.39, 0.29) is 11.7 Å². The van der Waals surface area contributed by atoms with Gasteiger partial charge < -0.3 is 8.92 Å². The lowest BCUT2D eigenvalue weighted by Crippen LogP contribution is -2.30. The molecular weight excluding hydrogens is 304 g/mol. The summed E-state index contributed by atoms with van der Waals surface area (Å²) in [6, 6.07) is 16.8. The average molecular weight is 318 g/mol. The highest BCUT2D eigenvalue weighted by Crippen LogP contribution is 2.20. The largest absolute Gasteiger partial charge is 0.351 e. The lowest BCUT2D eigenvalue weighted by atomic mass is 10.2. The van der Waals surface area contributed by atoms with Crippen molar-refractivity contribution in [2.24, 2.45) is 0 Å². The Morgan fingerprint density at radius 2 is 1.92 bits per heavy atom. The van der Waals surface area contributed by atoms with E-state index in [0.29, 0.717) is 6.54 Å². The van der Waals surface area contributed by atoms with Crippen molar-refractivity contribution in [3.05, 3.63) is 84.6 Å². The highest BCUT2D eigenvalue weighted by Gasteiger charge is 2.22. The van der Waals surface area contributed by atoms with E-state index in [1.165, 1.54) is 6.20 Å². The van der Waals surface area contributed by atoms with E-state index in [4.69, 9.17) is 4.52 Å². The Kier molecular flexibility index (Phi) is 3.55. The van der Waals surface area contributed by atoms with E-state index in [1.807, 2.05) is 59.1 Å². The van der Waals surface area contributed by atoms with Crippen LogP contribution in [0.15, 0.2) is 77.7 Å². The van der Waals surface area contributed by atoms with Gasteiger partial charge >= 0.3 is 0 Å². The number of anilines is 1. The summed E-state index contributed by atoms with van der Waals surface area (Å²) >= 11 is 0. The standard InChI is InChI=1S/C18H14N4O2/c23-18(16-9-10-20-24-16)22(14-6-2-1-3-7-14)13-15-12-19-17-8-4-5-11-21(15)17/h1-12H,13H2. The summed E-state index contributed by atoms with van der Waals surface area (Å²) < 4.78 is 7.00. The van der Waals surface area contributed by atoms with Crippen molar-refractivity contribution in [2.75, 3.05) is 4.90 Å². The number of nitrogens with zero attached hydrogens (tertiary/aromatic N) is 4. The van der Waals surface area contributed by atoms with Crippen LogP contribution in [-0.2, 0) is 6.54 Å². The van der Waals surface area contributed by atoms with Gasteiger partial charge in [0.2, 0.25) is 5.76 Å². The quantitative estimate of drug-likeness (QED) is 0.580. The first-order chi connectivity index (χ1) is 11.8. The van der Waals surface area contributed by atoms with Crippen LogP contribution in [0.4, 0.5) is 5.69 Å². The number of pyridine rings is 1. The molecule has 6 heteroatoms. The van der Waals surface area contributed by atoms with Crippen LogP contribution in [0.3, 0.4) is 0 Å². The number of imidazole rings is 1. The van der Waals surface area contributed by atoms with Gasteiger partial charge in [-0.15, -0.1) is 0 Å². The number of fused-ring (bicyclic) bond motifs is 1. The zero-order valence-corrected chi connectivity index (χ0v) is 12.7. The zero-order valence-electron chi connectivity index (χ0n) is 12.7. The number of para-hydroxylation sites is 1. The fourth-order valence-corrected chi connectivity index (χ4v) is 2.61. The molecule has 118 valence electrons. The highest BCUT2D eigenvalue weighted by molar-refractivity contribution is 6.03. The summed E-state index contributed by atoms with van der Waals surface area (Å²) in [5.74, 6) is -0.0442. The van der Waals surface area contributed by atoms with Gasteiger partial charge in [0.25, 0.3) is 5.91 Å². The predicted octanol–water partition coefficient (Wildman–Crippen LogP) is 3.17. The first-order valence-electron chi connectivity index (χ1n) is 7.51. The van der Waals surface area contributed by atoms with Crippen LogP contribution >= 0.6 is 0 Å². The van der Waals surface area contributed by atoms with Gasteiger partial charge in [-0.2, -0.15) is 0 Å². The predicted molar refractivity (Wildman–Crippen MR) is 88.7 cm³/mol. The molecule has 3 heterocycles. The first kappa shape index (κ1) is 14.2. The van der Waals surface area contributed by atoms with Gasteiger partial charge in [0.1, 0.15) is 5.65 Å². The summed E-state index contributed by atoms with van der Waals surface area (Å²) in [5.41, 5.74) is 2.53. The van der Waals surface area contributed by atoms with Crippen molar-refractivity contribution in [2.45, 2.75) is 6.54 Å². The minimum Gasteiger partial charge on any atom is -0.351 e. The summed E-state index contributed by atoms with van der Waals surface area (Å²) in [6.07, 6.45) is 5.17. The van der Waals surface area contributed by atoms with Crippen molar-refractivity contribution in [3.63, 3.8) is 0 Å². The molecule has 0 N–H and O–H groups in total. The normalized spacial score (nSPS) is 10.8. The van der Waals surface area contributed by atoms with Gasteiger partial charge in [-0.25, -0.2) is 4.98 Å². The first-order valence-corrected chi connectivity index (χ1v) is 7.51. The van der Waals surface area contributed by atoms with E-state index in [2.05, 4.69) is 10.1 Å². The van der Waals surface area contributed by atoms with Gasteiger partial charge in [-0.05, 0) is 24.3 Å². The summed E-state index contributed by atoms with van der Waals surface area (Å²) in [4.78, 5) is 18.9. The van der Waals surface area contributed by atoms with Gasteiger partial charge in [-0.3, -0.25) is 9.69 Å². The molecule has 6 nitrogen and oxygen atoms in total. The molecule has 1 aromatic carbocycles. The molecule has 1 amide bonds. The Morgan fingerprint density at radius 1 is 1.08 bits per heavy atom. The lowest BCUT2D eigenvalue weighted by molar-refractivity contribution is 0.0949. The molecule has 3 aromatic heterocycles. The van der Waals surface area contributed by atoms with E-state index < -0.39 is 0 Å². The maximum absolute atomic E-state index is 12.8. The van der Waals surface area contributed by atoms with E-state index in [9.17, 15) is 4.79 Å². The molecule has 0 unspecified atom stereocenters. The molecule has 0 fully saturated rings. The zero-order chi connectivity index (χ0) is 16.4. The molecule has 0 saturated heterocycles. The van der Waals surface area contributed by atoms with Gasteiger partial charge in [0.15, 0.2) is 0 Å². The number of benzene rings is 1. The molecule has 0 spiro atoms. The molecule has 0 bridgehead atoms. The third-order valence-corrected chi connectivity index (χ3v) is 3.78. The van der Waals surface area contributed by atoms with Crippen molar-refractivity contribution < 1.29 is 9.32 Å². The maximum Gasteiger partial charge on any atom is 0.297 e. The smallest absolute Gasteiger partial charge is 0.297 e. The number of rotatable bonds is 4. The second kappa shape index (κ2) is 6.00. The van der Waals surface area contributed by atoms with E-state index >= 15 is 0 Å². The molecule has 0 atom stereocenters. The molecule has 0 radical (unpaired) electrons. The second-order valence-electron chi connectivity index (χ2n) is 5.28. The third-order valence-electron chi connectivity index (χ3n) is 3.78. The van der Waals surface area contributed by atoms with Crippen LogP contribution in [0, 0.1) is 0 Å². The minimum atomic E-state index is -0.246. The molecule has 0 aliphatic carbocycles. The molecule has 0 aliphatic rings. The van der Waals surface area contributed by atoms with Gasteiger partial charge in [0, 0.05) is 18.0 Å². The lowest BCUT2D eigenvalue weighted by Gasteiger charge is -2.21. The molecule has 24 heavy (non-hydrogen) atoms. The Labute approximate surface area is 137 Å². The van der Waals surface area contributed by atoms with Crippen molar-refractivity contribution in [1.82, 2.24) is 14.5 Å². The Morgan fingerprint density at radius 3 is 2.71 bits per heavy atom. The number of hydrogen-bond donors (Lipinski definition) is 0. The molecular formula is C18H14N4O2. The summed E-state index contributed by atoms with van der Waals surface area (Å²) in [7, 11) is 0. The number of aromatic nitrogens is 3. The minimum absolute atomic E-state index is 0.202. The highest BCUT2D eigenvalue weighted by atomic mass is 16.5. The maximum atomic E-state index is 12.8. The second-order valence-corrected chi connectivity index (χ2v) is 5.28. The molecule has 0 saturated carbocycles. The van der Waals surface area contributed by atoms with E-state index in [0.717, 1.165) is 17.0 Å². The average Bonchev–Trinajstić information content (AvgIpc) is 3.30.